The number of thiazole rings is 1. The molecule has 0 saturated carbocycles. The Morgan fingerprint density at radius 2 is 2.19 bits per heavy atom. The minimum atomic E-state index is -0.546. The Hall–Kier alpha value is -3.20. The van der Waals surface area contributed by atoms with Crippen molar-refractivity contribution in [2.45, 2.75) is 13.5 Å². The quantitative estimate of drug-likeness (QED) is 0.587. The summed E-state index contributed by atoms with van der Waals surface area (Å²) < 4.78 is 9.33. The molecule has 138 valence electrons. The lowest BCUT2D eigenvalue weighted by atomic mass is 10.2. The standard InChI is InChI=1S/C18H17N5O3S/c1-10-21-16-15(27-10)13-8-20-23(17(24)14(13)22(16)3)9-11-5-4-6-12(7-11)26-18(25)19-2/h4-8H,9H2,1-3H3,(H,19,25). The summed E-state index contributed by atoms with van der Waals surface area (Å²) in [5.41, 5.74) is 1.99. The fraction of sp³-hybridized carbons (Fsp3) is 0.222. The fourth-order valence-corrected chi connectivity index (χ4v) is 4.01. The number of carbonyl (C=O) groups excluding carboxylic acids is 1. The number of carbonyl (C=O) groups is 1. The van der Waals surface area contributed by atoms with Crippen LogP contribution in [0, 0.1) is 6.92 Å². The molecule has 27 heavy (non-hydrogen) atoms. The molecule has 0 saturated heterocycles. The Morgan fingerprint density at radius 1 is 1.37 bits per heavy atom. The number of hydrogen-bond acceptors (Lipinski definition) is 6. The van der Waals surface area contributed by atoms with Crippen LogP contribution in [-0.4, -0.2) is 32.5 Å². The van der Waals surface area contributed by atoms with Crippen LogP contribution in [0.25, 0.3) is 21.3 Å². The lowest BCUT2D eigenvalue weighted by Crippen LogP contribution is -2.25. The van der Waals surface area contributed by atoms with Gasteiger partial charge in [0, 0.05) is 19.5 Å². The van der Waals surface area contributed by atoms with Gasteiger partial charge < -0.3 is 14.6 Å². The van der Waals surface area contributed by atoms with Crippen LogP contribution < -0.4 is 15.6 Å². The normalized spacial score (nSPS) is 11.2. The van der Waals surface area contributed by atoms with Crippen LogP contribution in [-0.2, 0) is 13.6 Å². The molecule has 4 aromatic rings. The third-order valence-electron chi connectivity index (χ3n) is 4.28. The second kappa shape index (κ2) is 6.51. The van der Waals surface area contributed by atoms with Gasteiger partial charge in [-0.3, -0.25) is 4.79 Å². The van der Waals surface area contributed by atoms with E-state index in [1.165, 1.54) is 11.7 Å². The molecule has 4 rings (SSSR count). The Bertz CT molecular complexity index is 1240. The van der Waals surface area contributed by atoms with Gasteiger partial charge in [0.15, 0.2) is 5.65 Å². The minimum Gasteiger partial charge on any atom is -0.410 e. The molecule has 3 heterocycles. The summed E-state index contributed by atoms with van der Waals surface area (Å²) in [6.45, 7) is 2.21. The smallest absolute Gasteiger partial charge is 0.410 e. The van der Waals surface area contributed by atoms with Gasteiger partial charge in [-0.05, 0) is 24.6 Å². The molecular formula is C18H17N5O3S. The highest BCUT2D eigenvalue weighted by Gasteiger charge is 2.17. The Labute approximate surface area is 158 Å². The highest BCUT2D eigenvalue weighted by Crippen LogP contribution is 2.30. The van der Waals surface area contributed by atoms with Gasteiger partial charge in [-0.1, -0.05) is 12.1 Å². The number of aryl methyl sites for hydroxylation is 2. The van der Waals surface area contributed by atoms with Gasteiger partial charge in [-0.25, -0.2) is 14.5 Å². The Balaban J connectivity index is 1.74. The van der Waals surface area contributed by atoms with Crippen LogP contribution in [0.4, 0.5) is 4.79 Å². The van der Waals surface area contributed by atoms with Crippen molar-refractivity contribution in [2.24, 2.45) is 7.05 Å². The molecule has 0 bridgehead atoms. The van der Waals surface area contributed by atoms with E-state index in [0.29, 0.717) is 11.3 Å². The molecule has 0 fully saturated rings. The van der Waals surface area contributed by atoms with Crippen molar-refractivity contribution >= 4 is 38.7 Å². The van der Waals surface area contributed by atoms with Crippen molar-refractivity contribution in [3.05, 3.63) is 51.4 Å². The van der Waals surface area contributed by atoms with Gasteiger partial charge in [0.2, 0.25) is 0 Å². The van der Waals surface area contributed by atoms with Crippen LogP contribution in [0.15, 0.2) is 35.3 Å². The van der Waals surface area contributed by atoms with E-state index in [9.17, 15) is 9.59 Å². The van der Waals surface area contributed by atoms with Gasteiger partial charge in [0.1, 0.15) is 11.3 Å². The maximum absolute atomic E-state index is 13.0. The molecule has 0 aliphatic rings. The maximum Gasteiger partial charge on any atom is 0.412 e. The third-order valence-corrected chi connectivity index (χ3v) is 5.27. The first-order chi connectivity index (χ1) is 13.0. The van der Waals surface area contributed by atoms with E-state index in [4.69, 9.17) is 4.74 Å². The first-order valence-corrected chi connectivity index (χ1v) is 9.09. The maximum atomic E-state index is 13.0. The molecule has 0 atom stereocenters. The zero-order valence-corrected chi connectivity index (χ0v) is 15.8. The van der Waals surface area contributed by atoms with Crippen LogP contribution in [0.3, 0.4) is 0 Å². The van der Waals surface area contributed by atoms with Gasteiger partial charge in [-0.2, -0.15) is 5.10 Å². The van der Waals surface area contributed by atoms with E-state index in [1.807, 2.05) is 24.6 Å². The zero-order valence-electron chi connectivity index (χ0n) is 15.0. The summed E-state index contributed by atoms with van der Waals surface area (Å²) in [6.07, 6.45) is 1.16. The molecule has 0 aliphatic carbocycles. The fourth-order valence-electron chi connectivity index (χ4n) is 3.04. The molecule has 3 aromatic heterocycles. The number of hydrogen-bond donors (Lipinski definition) is 1. The van der Waals surface area contributed by atoms with Crippen LogP contribution in [0.5, 0.6) is 5.75 Å². The number of nitrogens with zero attached hydrogens (tertiary/aromatic N) is 4. The number of amides is 1. The van der Waals surface area contributed by atoms with E-state index in [0.717, 1.165) is 26.3 Å². The lowest BCUT2D eigenvalue weighted by Gasteiger charge is -2.08. The predicted octanol–water partition coefficient (Wildman–Crippen LogP) is 2.42. The molecule has 0 aliphatic heterocycles. The molecule has 9 heteroatoms. The van der Waals surface area contributed by atoms with E-state index < -0.39 is 6.09 Å². The molecule has 0 radical (unpaired) electrons. The number of rotatable bonds is 3. The number of nitrogens with one attached hydrogen (secondary N) is 1. The van der Waals surface area contributed by atoms with E-state index in [2.05, 4.69) is 15.4 Å². The van der Waals surface area contributed by atoms with Crippen molar-refractivity contribution in [1.82, 2.24) is 24.6 Å². The van der Waals surface area contributed by atoms with Crippen molar-refractivity contribution in [1.29, 1.82) is 0 Å². The van der Waals surface area contributed by atoms with E-state index in [1.54, 1.807) is 35.7 Å². The topological polar surface area (TPSA) is 91.0 Å². The van der Waals surface area contributed by atoms with Gasteiger partial charge in [-0.15, -0.1) is 11.3 Å². The van der Waals surface area contributed by atoms with E-state index >= 15 is 0 Å². The molecular weight excluding hydrogens is 366 g/mol. The Kier molecular flexibility index (Phi) is 4.15. The second-order valence-corrected chi connectivity index (χ2v) is 7.30. The van der Waals surface area contributed by atoms with Crippen molar-refractivity contribution in [3.8, 4) is 5.75 Å². The van der Waals surface area contributed by atoms with Gasteiger partial charge in [0.25, 0.3) is 5.56 Å². The highest BCUT2D eigenvalue weighted by atomic mass is 32.1. The Morgan fingerprint density at radius 3 is 2.96 bits per heavy atom. The largest absolute Gasteiger partial charge is 0.412 e. The number of aromatic nitrogens is 4. The van der Waals surface area contributed by atoms with Crippen molar-refractivity contribution in [2.75, 3.05) is 7.05 Å². The SMILES string of the molecule is CNC(=O)Oc1cccc(Cn2ncc3c4sc(C)nc4n(C)c3c2=O)c1. The molecule has 1 aromatic carbocycles. The summed E-state index contributed by atoms with van der Waals surface area (Å²) in [6, 6.07) is 7.01. The lowest BCUT2D eigenvalue weighted by molar-refractivity contribution is 0.203. The van der Waals surface area contributed by atoms with Gasteiger partial charge in [0.05, 0.1) is 22.4 Å². The number of fused-ring (bicyclic) bond motifs is 3. The van der Waals surface area contributed by atoms with E-state index in [-0.39, 0.29) is 12.1 Å². The zero-order chi connectivity index (χ0) is 19.1. The molecule has 1 N–H and O–H groups in total. The number of benzene rings is 1. The van der Waals surface area contributed by atoms with Crippen molar-refractivity contribution in [3.63, 3.8) is 0 Å². The minimum absolute atomic E-state index is 0.185. The van der Waals surface area contributed by atoms with Crippen LogP contribution in [0.1, 0.15) is 10.6 Å². The van der Waals surface area contributed by atoms with Crippen molar-refractivity contribution < 1.29 is 9.53 Å². The summed E-state index contributed by atoms with van der Waals surface area (Å²) in [4.78, 5) is 28.8. The summed E-state index contributed by atoms with van der Waals surface area (Å²) >= 11 is 1.56. The monoisotopic (exact) mass is 383 g/mol. The molecule has 8 nitrogen and oxygen atoms in total. The average molecular weight is 383 g/mol. The molecule has 1 amide bonds. The van der Waals surface area contributed by atoms with Crippen LogP contribution in [0.2, 0.25) is 0 Å². The van der Waals surface area contributed by atoms with Crippen LogP contribution >= 0.6 is 11.3 Å². The first-order valence-electron chi connectivity index (χ1n) is 8.28. The summed E-state index contributed by atoms with van der Waals surface area (Å²) in [5.74, 6) is 0.403. The number of ether oxygens (including phenoxy) is 1. The predicted molar refractivity (Wildman–Crippen MR) is 104 cm³/mol. The summed E-state index contributed by atoms with van der Waals surface area (Å²) in [7, 11) is 3.33. The third kappa shape index (κ3) is 2.95. The molecule has 0 spiro atoms. The second-order valence-electron chi connectivity index (χ2n) is 6.10. The van der Waals surface area contributed by atoms with Gasteiger partial charge >= 0.3 is 6.09 Å². The highest BCUT2D eigenvalue weighted by molar-refractivity contribution is 7.19. The molecule has 0 unspecified atom stereocenters. The first kappa shape index (κ1) is 17.2. The summed E-state index contributed by atoms with van der Waals surface area (Å²) in [5, 5.41) is 8.50. The average Bonchev–Trinajstić information content (AvgIpc) is 3.15.